The zero-order chi connectivity index (χ0) is 17.0. The average molecular weight is 330 g/mol. The van der Waals surface area contributed by atoms with Crippen molar-refractivity contribution in [2.75, 3.05) is 7.11 Å². The lowest BCUT2D eigenvalue weighted by atomic mass is 9.57. The van der Waals surface area contributed by atoms with Crippen molar-refractivity contribution in [1.29, 1.82) is 0 Å². The van der Waals surface area contributed by atoms with Gasteiger partial charge >= 0.3 is 5.97 Å². The fraction of sp³-hybridized carbons (Fsp3) is 0.227. The van der Waals surface area contributed by atoms with Gasteiger partial charge in [-0.25, -0.2) is 4.79 Å². The van der Waals surface area contributed by atoms with Gasteiger partial charge in [0.1, 0.15) is 5.75 Å². The fourth-order valence-electron chi connectivity index (χ4n) is 4.51. The van der Waals surface area contributed by atoms with E-state index in [0.717, 1.165) is 23.3 Å². The molecule has 0 saturated heterocycles. The minimum atomic E-state index is -0.930. The first kappa shape index (κ1) is 14.5. The molecule has 1 heterocycles. The zero-order valence-corrected chi connectivity index (χ0v) is 13.9. The van der Waals surface area contributed by atoms with Crippen LogP contribution in [0, 0.1) is 0 Å². The van der Waals surface area contributed by atoms with Crippen molar-refractivity contribution in [3.05, 3.63) is 77.9 Å². The van der Waals surface area contributed by atoms with Crippen molar-refractivity contribution in [1.82, 2.24) is 0 Å². The molecule has 0 unspecified atom stereocenters. The van der Waals surface area contributed by atoms with Crippen LogP contribution in [-0.4, -0.2) is 18.7 Å². The molecule has 5 rings (SSSR count). The van der Waals surface area contributed by atoms with Crippen LogP contribution in [0.25, 0.3) is 10.8 Å². The van der Waals surface area contributed by atoms with Crippen LogP contribution in [0.1, 0.15) is 29.4 Å². The van der Waals surface area contributed by atoms with Gasteiger partial charge < -0.3 is 9.47 Å². The van der Waals surface area contributed by atoms with E-state index in [2.05, 4.69) is 36.4 Å². The molecule has 0 bridgehead atoms. The molecule has 1 saturated carbocycles. The Morgan fingerprint density at radius 2 is 1.76 bits per heavy atom. The van der Waals surface area contributed by atoms with Gasteiger partial charge in [-0.1, -0.05) is 60.7 Å². The summed E-state index contributed by atoms with van der Waals surface area (Å²) in [6.07, 6.45) is 0.893. The standard InChI is InChI=1S/C22H18O3/c1-24-21(23)22-18(13-19(22)17-8-4-5-9-20(17)25-22)16-11-10-14-6-2-3-7-15(14)12-16/h2-12,18-19H,13H2,1H3/t18-,19-,22-/m1/s1. The van der Waals surface area contributed by atoms with Crippen LogP contribution in [-0.2, 0) is 9.53 Å². The van der Waals surface area contributed by atoms with Crippen LogP contribution in [0.4, 0.5) is 0 Å². The summed E-state index contributed by atoms with van der Waals surface area (Å²) >= 11 is 0. The van der Waals surface area contributed by atoms with Crippen molar-refractivity contribution in [3.8, 4) is 5.75 Å². The molecule has 1 aliphatic heterocycles. The van der Waals surface area contributed by atoms with Gasteiger partial charge in [0.15, 0.2) is 0 Å². The van der Waals surface area contributed by atoms with E-state index in [1.54, 1.807) is 0 Å². The lowest BCUT2D eigenvalue weighted by molar-refractivity contribution is -0.170. The maximum Gasteiger partial charge on any atom is 0.351 e. The van der Waals surface area contributed by atoms with E-state index in [1.165, 1.54) is 17.9 Å². The zero-order valence-electron chi connectivity index (χ0n) is 13.9. The molecule has 2 aliphatic rings. The Bertz CT molecular complexity index is 993. The molecule has 3 nitrogen and oxygen atoms in total. The number of carbonyl (C=O) groups is 1. The summed E-state index contributed by atoms with van der Waals surface area (Å²) < 4.78 is 11.4. The highest BCUT2D eigenvalue weighted by molar-refractivity contribution is 5.88. The molecule has 1 aliphatic carbocycles. The molecule has 3 atom stereocenters. The summed E-state index contributed by atoms with van der Waals surface area (Å²) in [4.78, 5) is 12.8. The quantitative estimate of drug-likeness (QED) is 0.653. The molecule has 3 aromatic rings. The minimum Gasteiger partial charge on any atom is -0.474 e. The van der Waals surface area contributed by atoms with Crippen LogP contribution >= 0.6 is 0 Å². The summed E-state index contributed by atoms with van der Waals surface area (Å²) in [5.74, 6) is 0.592. The Hall–Kier alpha value is -2.81. The largest absolute Gasteiger partial charge is 0.474 e. The molecule has 0 spiro atoms. The molecule has 124 valence electrons. The van der Waals surface area contributed by atoms with Crippen LogP contribution in [0.2, 0.25) is 0 Å². The van der Waals surface area contributed by atoms with E-state index in [-0.39, 0.29) is 17.8 Å². The number of hydrogen-bond donors (Lipinski definition) is 0. The van der Waals surface area contributed by atoms with E-state index in [9.17, 15) is 4.79 Å². The SMILES string of the molecule is COC(=O)[C@]12Oc3ccccc3[C@H]1C[C@@H]2c1ccc2ccccc2c1. The van der Waals surface area contributed by atoms with Crippen LogP contribution in [0.15, 0.2) is 66.7 Å². The third-order valence-electron chi connectivity index (χ3n) is 5.76. The molecule has 3 heteroatoms. The first-order chi connectivity index (χ1) is 12.2. The monoisotopic (exact) mass is 330 g/mol. The predicted molar refractivity (Wildman–Crippen MR) is 95.9 cm³/mol. The average Bonchev–Trinajstić information content (AvgIpc) is 2.90. The summed E-state index contributed by atoms with van der Waals surface area (Å²) in [5, 5.41) is 2.38. The molecule has 0 N–H and O–H groups in total. The van der Waals surface area contributed by atoms with Crippen LogP contribution in [0.5, 0.6) is 5.75 Å². The van der Waals surface area contributed by atoms with E-state index >= 15 is 0 Å². The molecule has 3 aromatic carbocycles. The van der Waals surface area contributed by atoms with Gasteiger partial charge in [0, 0.05) is 17.4 Å². The highest BCUT2D eigenvalue weighted by atomic mass is 16.6. The third-order valence-corrected chi connectivity index (χ3v) is 5.76. The second-order valence-electron chi connectivity index (χ2n) is 6.87. The molecule has 1 fully saturated rings. The Kier molecular flexibility index (Phi) is 2.96. The molecular weight excluding hydrogens is 312 g/mol. The van der Waals surface area contributed by atoms with Gasteiger partial charge in [-0.05, 0) is 28.8 Å². The highest BCUT2D eigenvalue weighted by Crippen LogP contribution is 2.64. The lowest BCUT2D eigenvalue weighted by Crippen LogP contribution is -2.59. The number of methoxy groups -OCH3 is 1. The van der Waals surface area contributed by atoms with Crippen LogP contribution in [0.3, 0.4) is 0 Å². The second-order valence-corrected chi connectivity index (χ2v) is 6.87. The second kappa shape index (κ2) is 5.09. The number of hydrogen-bond acceptors (Lipinski definition) is 3. The third kappa shape index (κ3) is 1.84. The van der Waals surface area contributed by atoms with Crippen molar-refractivity contribution >= 4 is 16.7 Å². The first-order valence-electron chi connectivity index (χ1n) is 8.59. The van der Waals surface area contributed by atoms with Crippen molar-refractivity contribution < 1.29 is 14.3 Å². The van der Waals surface area contributed by atoms with Crippen LogP contribution < -0.4 is 4.74 Å². The lowest BCUT2D eigenvalue weighted by Gasteiger charge is -2.48. The van der Waals surface area contributed by atoms with E-state index in [4.69, 9.17) is 9.47 Å². The summed E-state index contributed by atoms with van der Waals surface area (Å²) in [6.45, 7) is 0. The van der Waals surface area contributed by atoms with Crippen molar-refractivity contribution in [2.45, 2.75) is 23.9 Å². The fourth-order valence-corrected chi connectivity index (χ4v) is 4.51. The Morgan fingerprint density at radius 3 is 2.60 bits per heavy atom. The van der Waals surface area contributed by atoms with E-state index in [1.807, 2.05) is 30.3 Å². The van der Waals surface area contributed by atoms with Crippen molar-refractivity contribution in [2.24, 2.45) is 0 Å². The number of carbonyl (C=O) groups excluding carboxylic acids is 1. The van der Waals surface area contributed by atoms with Gasteiger partial charge in [0.05, 0.1) is 7.11 Å². The molecule has 0 aromatic heterocycles. The number of benzene rings is 3. The Balaban J connectivity index is 1.61. The smallest absolute Gasteiger partial charge is 0.351 e. The van der Waals surface area contributed by atoms with Gasteiger partial charge in [-0.3, -0.25) is 0 Å². The maximum atomic E-state index is 12.8. The predicted octanol–water partition coefficient (Wildman–Crippen LogP) is 4.42. The van der Waals surface area contributed by atoms with Gasteiger partial charge in [-0.2, -0.15) is 0 Å². The van der Waals surface area contributed by atoms with E-state index < -0.39 is 5.60 Å². The Labute approximate surface area is 146 Å². The number of para-hydroxylation sites is 1. The van der Waals surface area contributed by atoms with Gasteiger partial charge in [-0.15, -0.1) is 0 Å². The summed E-state index contributed by atoms with van der Waals surface area (Å²) in [5.41, 5.74) is 1.32. The maximum absolute atomic E-state index is 12.8. The topological polar surface area (TPSA) is 35.5 Å². The molecule has 0 amide bonds. The summed E-state index contributed by atoms with van der Waals surface area (Å²) in [6, 6.07) is 22.6. The summed E-state index contributed by atoms with van der Waals surface area (Å²) in [7, 11) is 1.44. The van der Waals surface area contributed by atoms with E-state index in [0.29, 0.717) is 0 Å². The highest BCUT2D eigenvalue weighted by Gasteiger charge is 2.68. The number of fused-ring (bicyclic) bond motifs is 4. The normalized spacial score (nSPS) is 26.3. The Morgan fingerprint density at radius 1 is 1.00 bits per heavy atom. The number of ether oxygens (including phenoxy) is 2. The number of esters is 1. The molecule has 0 radical (unpaired) electrons. The van der Waals surface area contributed by atoms with Gasteiger partial charge in [0.25, 0.3) is 0 Å². The molecular formula is C22H18O3. The van der Waals surface area contributed by atoms with Crippen molar-refractivity contribution in [3.63, 3.8) is 0 Å². The minimum absolute atomic E-state index is 0.00181. The molecule has 25 heavy (non-hydrogen) atoms. The van der Waals surface area contributed by atoms with Gasteiger partial charge in [0.2, 0.25) is 5.60 Å². The number of rotatable bonds is 2. The first-order valence-corrected chi connectivity index (χ1v) is 8.59.